The fraction of sp³-hybridized carbons (Fsp3) is 0.533. The third kappa shape index (κ3) is 3.55. The van der Waals surface area contributed by atoms with Crippen molar-refractivity contribution >= 4 is 5.91 Å². The highest BCUT2D eigenvalue weighted by molar-refractivity contribution is 5.81. The second kappa shape index (κ2) is 7.01. The predicted octanol–water partition coefficient (Wildman–Crippen LogP) is 1.44. The molecule has 20 heavy (non-hydrogen) atoms. The van der Waals surface area contributed by atoms with Crippen LogP contribution in [-0.2, 0) is 11.3 Å². The van der Waals surface area contributed by atoms with Crippen LogP contribution in [0, 0.1) is 11.3 Å². The molecular formula is C15H20N4O. The molecule has 2 heterocycles. The highest BCUT2D eigenvalue weighted by Gasteiger charge is 2.21. The van der Waals surface area contributed by atoms with Crippen LogP contribution in [0.4, 0.5) is 0 Å². The Morgan fingerprint density at radius 3 is 2.95 bits per heavy atom. The van der Waals surface area contributed by atoms with E-state index in [4.69, 9.17) is 5.26 Å². The van der Waals surface area contributed by atoms with Crippen LogP contribution in [-0.4, -0.2) is 34.9 Å². The van der Waals surface area contributed by atoms with Gasteiger partial charge in [-0.2, -0.15) is 5.26 Å². The molecule has 0 spiro atoms. The van der Waals surface area contributed by atoms with Gasteiger partial charge in [0.25, 0.3) is 0 Å². The molecular weight excluding hydrogens is 252 g/mol. The van der Waals surface area contributed by atoms with E-state index in [2.05, 4.69) is 16.4 Å². The summed E-state index contributed by atoms with van der Waals surface area (Å²) in [5.41, 5.74) is 1.24. The topological polar surface area (TPSA) is 69.0 Å². The Morgan fingerprint density at radius 1 is 1.50 bits per heavy atom. The van der Waals surface area contributed by atoms with E-state index in [-0.39, 0.29) is 11.9 Å². The van der Waals surface area contributed by atoms with E-state index in [1.54, 1.807) is 12.3 Å². The van der Waals surface area contributed by atoms with Gasteiger partial charge in [0, 0.05) is 31.4 Å². The van der Waals surface area contributed by atoms with E-state index < -0.39 is 0 Å². The lowest BCUT2D eigenvalue weighted by Gasteiger charge is -2.29. The minimum Gasteiger partial charge on any atom is -0.341 e. The van der Waals surface area contributed by atoms with Crippen LogP contribution in [0.15, 0.2) is 18.3 Å². The number of nitrogens with zero attached hydrogens (tertiary/aromatic N) is 3. The second-order valence-corrected chi connectivity index (χ2v) is 5.11. The van der Waals surface area contributed by atoms with Crippen LogP contribution >= 0.6 is 0 Å². The van der Waals surface area contributed by atoms with Crippen LogP contribution in [0.1, 0.15) is 37.4 Å². The van der Waals surface area contributed by atoms with Crippen molar-refractivity contribution < 1.29 is 4.79 Å². The molecule has 1 amide bonds. The Labute approximate surface area is 119 Å². The average molecular weight is 272 g/mol. The van der Waals surface area contributed by atoms with E-state index in [1.807, 2.05) is 17.9 Å². The summed E-state index contributed by atoms with van der Waals surface area (Å²) in [4.78, 5) is 18.2. The molecule has 1 aromatic rings. The molecule has 0 aliphatic carbocycles. The summed E-state index contributed by atoms with van der Waals surface area (Å²) in [6.07, 6.45) is 5.01. The maximum absolute atomic E-state index is 12.3. The van der Waals surface area contributed by atoms with Gasteiger partial charge in [-0.25, -0.2) is 4.98 Å². The standard InChI is InChI=1S/C15H20N4O/c1-12(15(20)19-8-3-2-4-9-19)18-11-13-6-5-7-17-14(13)10-16/h5-7,12,18H,2-4,8-9,11H2,1H3. The number of nitriles is 1. The maximum atomic E-state index is 12.3. The number of hydrogen-bond acceptors (Lipinski definition) is 4. The number of hydrogen-bond donors (Lipinski definition) is 1. The van der Waals surface area contributed by atoms with E-state index in [0.717, 1.165) is 31.5 Å². The van der Waals surface area contributed by atoms with Crippen molar-refractivity contribution in [3.8, 4) is 6.07 Å². The predicted molar refractivity (Wildman–Crippen MR) is 75.7 cm³/mol. The molecule has 106 valence electrons. The lowest BCUT2D eigenvalue weighted by Crippen LogP contribution is -2.46. The van der Waals surface area contributed by atoms with Gasteiger partial charge >= 0.3 is 0 Å². The molecule has 0 saturated carbocycles. The highest BCUT2D eigenvalue weighted by Crippen LogP contribution is 2.10. The number of nitrogens with one attached hydrogen (secondary N) is 1. The molecule has 1 aromatic heterocycles. The van der Waals surface area contributed by atoms with Crippen molar-refractivity contribution in [1.82, 2.24) is 15.2 Å². The van der Waals surface area contributed by atoms with E-state index in [1.165, 1.54) is 6.42 Å². The third-order valence-electron chi connectivity index (χ3n) is 3.63. The lowest BCUT2D eigenvalue weighted by molar-refractivity contribution is -0.133. The number of aromatic nitrogens is 1. The molecule has 1 atom stereocenters. The monoisotopic (exact) mass is 272 g/mol. The van der Waals surface area contributed by atoms with Gasteiger partial charge in [-0.15, -0.1) is 0 Å². The van der Waals surface area contributed by atoms with Crippen LogP contribution in [0.2, 0.25) is 0 Å². The summed E-state index contributed by atoms with van der Waals surface area (Å²) in [6.45, 7) is 4.08. The Balaban J connectivity index is 1.89. The smallest absolute Gasteiger partial charge is 0.239 e. The summed E-state index contributed by atoms with van der Waals surface area (Å²) in [6, 6.07) is 5.49. The lowest BCUT2D eigenvalue weighted by atomic mass is 10.1. The van der Waals surface area contributed by atoms with Crippen LogP contribution in [0.3, 0.4) is 0 Å². The Bertz CT molecular complexity index is 503. The largest absolute Gasteiger partial charge is 0.341 e. The normalized spacial score (nSPS) is 16.5. The number of rotatable bonds is 4. The van der Waals surface area contributed by atoms with Crippen LogP contribution < -0.4 is 5.32 Å². The molecule has 0 aromatic carbocycles. The molecule has 5 heteroatoms. The number of likely N-dealkylation sites (tertiary alicyclic amines) is 1. The molecule has 1 saturated heterocycles. The zero-order chi connectivity index (χ0) is 14.4. The average Bonchev–Trinajstić information content (AvgIpc) is 2.53. The maximum Gasteiger partial charge on any atom is 0.239 e. The number of carbonyl (C=O) groups is 1. The molecule has 1 aliphatic rings. The van der Waals surface area contributed by atoms with Gasteiger partial charge in [0.2, 0.25) is 5.91 Å². The first kappa shape index (κ1) is 14.5. The quantitative estimate of drug-likeness (QED) is 0.900. The summed E-state index contributed by atoms with van der Waals surface area (Å²) in [5.74, 6) is 0.145. The first-order chi connectivity index (χ1) is 9.72. The van der Waals surface area contributed by atoms with E-state index in [0.29, 0.717) is 12.2 Å². The van der Waals surface area contributed by atoms with Crippen molar-refractivity contribution in [2.24, 2.45) is 0 Å². The minimum atomic E-state index is -0.236. The number of amides is 1. The van der Waals surface area contributed by atoms with Crippen molar-refractivity contribution in [3.05, 3.63) is 29.6 Å². The van der Waals surface area contributed by atoms with E-state index >= 15 is 0 Å². The number of pyridine rings is 1. The van der Waals surface area contributed by atoms with Gasteiger partial charge in [-0.05, 0) is 32.3 Å². The van der Waals surface area contributed by atoms with Gasteiger partial charge in [-0.3, -0.25) is 4.79 Å². The second-order valence-electron chi connectivity index (χ2n) is 5.11. The molecule has 1 aliphatic heterocycles. The number of piperidine rings is 1. The summed E-state index contributed by atoms with van der Waals surface area (Å²) < 4.78 is 0. The third-order valence-corrected chi connectivity index (χ3v) is 3.63. The summed E-state index contributed by atoms with van der Waals surface area (Å²) in [7, 11) is 0. The van der Waals surface area contributed by atoms with Crippen molar-refractivity contribution in [3.63, 3.8) is 0 Å². The van der Waals surface area contributed by atoms with E-state index in [9.17, 15) is 4.79 Å². The molecule has 0 radical (unpaired) electrons. The van der Waals surface area contributed by atoms with Crippen molar-refractivity contribution in [2.75, 3.05) is 13.1 Å². The molecule has 2 rings (SSSR count). The summed E-state index contributed by atoms with van der Waals surface area (Å²) >= 11 is 0. The SMILES string of the molecule is CC(NCc1cccnc1C#N)C(=O)N1CCCCC1. The van der Waals surface area contributed by atoms with Gasteiger partial charge in [0.1, 0.15) is 11.8 Å². The van der Waals surface area contributed by atoms with Crippen molar-refractivity contribution in [2.45, 2.75) is 38.8 Å². The highest BCUT2D eigenvalue weighted by atomic mass is 16.2. The Hall–Kier alpha value is -1.93. The fourth-order valence-electron chi connectivity index (χ4n) is 2.42. The first-order valence-corrected chi connectivity index (χ1v) is 7.08. The Kier molecular flexibility index (Phi) is 5.08. The van der Waals surface area contributed by atoms with Crippen LogP contribution in [0.5, 0.6) is 0 Å². The van der Waals surface area contributed by atoms with Crippen LogP contribution in [0.25, 0.3) is 0 Å². The molecule has 1 N–H and O–H groups in total. The molecule has 1 fully saturated rings. The minimum absolute atomic E-state index is 0.145. The van der Waals surface area contributed by atoms with Gasteiger partial charge in [0.15, 0.2) is 0 Å². The summed E-state index contributed by atoms with van der Waals surface area (Å²) in [5, 5.41) is 12.2. The zero-order valence-electron chi connectivity index (χ0n) is 11.8. The Morgan fingerprint density at radius 2 is 2.25 bits per heavy atom. The molecule has 0 bridgehead atoms. The van der Waals surface area contributed by atoms with Gasteiger partial charge < -0.3 is 10.2 Å². The van der Waals surface area contributed by atoms with Crippen molar-refractivity contribution in [1.29, 1.82) is 5.26 Å². The first-order valence-electron chi connectivity index (χ1n) is 7.08. The number of carbonyl (C=O) groups excluding carboxylic acids is 1. The molecule has 1 unspecified atom stereocenters. The van der Waals surface area contributed by atoms with Gasteiger partial charge in [0.05, 0.1) is 6.04 Å². The van der Waals surface area contributed by atoms with Gasteiger partial charge in [-0.1, -0.05) is 6.07 Å². The fourth-order valence-corrected chi connectivity index (χ4v) is 2.42. The molecule has 5 nitrogen and oxygen atoms in total. The zero-order valence-corrected chi connectivity index (χ0v) is 11.8.